The molecule has 11 heavy (non-hydrogen) atoms. The second-order valence-corrected chi connectivity index (χ2v) is 6.53. The molecular formula is C4H14O4P2Y. The van der Waals surface area contributed by atoms with Crippen molar-refractivity contribution in [2.24, 2.45) is 0 Å². The van der Waals surface area contributed by atoms with Crippen LogP contribution in [0.25, 0.3) is 0 Å². The Labute approximate surface area is 92.4 Å². The zero-order chi connectivity index (χ0) is 9.00. The summed E-state index contributed by atoms with van der Waals surface area (Å²) in [6.45, 7) is 2.60. The van der Waals surface area contributed by atoms with E-state index in [2.05, 4.69) is 12.6 Å². The molecule has 1 radical (unpaired) electrons. The van der Waals surface area contributed by atoms with Gasteiger partial charge in [-0.2, -0.15) is 0 Å². The molecule has 67 valence electrons. The average Bonchev–Trinajstić information content (AvgIpc) is 1.12. The molecule has 0 fully saturated rings. The fraction of sp³-hybridized carbons (Fsp3) is 0.500. The summed E-state index contributed by atoms with van der Waals surface area (Å²) in [5.74, 6) is 0. The van der Waals surface area contributed by atoms with E-state index < -0.39 is 14.7 Å². The van der Waals surface area contributed by atoms with Crippen molar-refractivity contribution in [1.82, 2.24) is 0 Å². The van der Waals surface area contributed by atoms with E-state index in [0.29, 0.717) is 0 Å². The van der Waals surface area contributed by atoms with E-state index in [1.54, 1.807) is 0 Å². The van der Waals surface area contributed by atoms with E-state index in [1.165, 1.54) is 13.3 Å². The normalized spacial score (nSPS) is 10.7. The molecule has 0 aromatic carbocycles. The van der Waals surface area contributed by atoms with E-state index >= 15 is 0 Å². The Kier molecular flexibility index (Phi) is 11.7. The molecule has 0 atom stereocenters. The molecule has 0 heterocycles. The molecule has 4 N–H and O–H groups in total. The second-order valence-electron chi connectivity index (χ2n) is 2.18. The molecule has 0 rings (SSSR count). The van der Waals surface area contributed by atoms with Gasteiger partial charge in [0.1, 0.15) is 14.7 Å². The minimum Gasteiger partial charge on any atom is -0.354 e. The predicted molar refractivity (Wildman–Crippen MR) is 48.8 cm³/mol. The molecule has 0 aromatic rings. The zero-order valence-electron chi connectivity index (χ0n) is 6.67. The van der Waals surface area contributed by atoms with Gasteiger partial charge in [0.25, 0.3) is 0 Å². The first-order valence-corrected chi connectivity index (χ1v) is 6.98. The first kappa shape index (κ1) is 18.4. The van der Waals surface area contributed by atoms with Crippen molar-refractivity contribution in [2.75, 3.05) is 13.3 Å². The molecular weight excluding hydrogens is 263 g/mol. The SMILES string of the molecule is C=P(C)(O)O.C=P(C)(O)O.[Y]. The van der Waals surface area contributed by atoms with Crippen molar-refractivity contribution >= 4 is 27.3 Å². The van der Waals surface area contributed by atoms with Gasteiger partial charge in [-0.1, -0.05) is 12.6 Å². The Balaban J connectivity index is -0.000000107. The predicted octanol–water partition coefficient (Wildman–Crippen LogP) is -0.242. The van der Waals surface area contributed by atoms with Crippen LogP contribution in [0.5, 0.6) is 0 Å². The van der Waals surface area contributed by atoms with Crippen molar-refractivity contribution in [3.8, 4) is 0 Å². The molecule has 0 amide bonds. The van der Waals surface area contributed by atoms with Gasteiger partial charge in [-0.3, -0.25) is 0 Å². The van der Waals surface area contributed by atoms with Crippen molar-refractivity contribution in [3.63, 3.8) is 0 Å². The Morgan fingerprint density at radius 2 is 0.818 bits per heavy atom. The second kappa shape index (κ2) is 7.00. The summed E-state index contributed by atoms with van der Waals surface area (Å²) < 4.78 is 0. The minimum absolute atomic E-state index is 0. The van der Waals surface area contributed by atoms with Crippen molar-refractivity contribution in [1.29, 1.82) is 0 Å². The Bertz CT molecular complexity index is 132. The van der Waals surface area contributed by atoms with Gasteiger partial charge in [-0.25, -0.2) is 0 Å². The van der Waals surface area contributed by atoms with Gasteiger partial charge < -0.3 is 19.6 Å². The molecule has 0 aliphatic rings. The number of rotatable bonds is 0. The molecule has 0 spiro atoms. The fourth-order valence-corrected chi connectivity index (χ4v) is 0. The summed E-state index contributed by atoms with van der Waals surface area (Å²) in [6, 6.07) is 0. The van der Waals surface area contributed by atoms with E-state index in [0.717, 1.165) is 0 Å². The first-order chi connectivity index (χ1) is 4.00. The summed E-state index contributed by atoms with van der Waals surface area (Å²) in [5, 5.41) is 0. The van der Waals surface area contributed by atoms with Crippen LogP contribution in [0.4, 0.5) is 0 Å². The molecule has 0 aliphatic carbocycles. The average molecular weight is 277 g/mol. The topological polar surface area (TPSA) is 80.9 Å². The Morgan fingerprint density at radius 3 is 0.818 bits per heavy atom. The third kappa shape index (κ3) is 441. The van der Waals surface area contributed by atoms with E-state index in [4.69, 9.17) is 19.6 Å². The van der Waals surface area contributed by atoms with Gasteiger partial charge in [0.15, 0.2) is 0 Å². The van der Waals surface area contributed by atoms with Crippen LogP contribution in [0.1, 0.15) is 0 Å². The van der Waals surface area contributed by atoms with Crippen LogP contribution in [0, 0.1) is 0 Å². The third-order valence-electron chi connectivity index (χ3n) is 0. The standard InChI is InChI=1S/2C2H7O2P.Y/c2*1-5(2,3)4;/h2*3-4H,1H2,2H3;. The van der Waals surface area contributed by atoms with Crippen LogP contribution in [0.2, 0.25) is 0 Å². The summed E-state index contributed by atoms with van der Waals surface area (Å²) in [4.78, 5) is 32.3. The van der Waals surface area contributed by atoms with Gasteiger partial charge in [-0.15, -0.1) is 0 Å². The van der Waals surface area contributed by atoms with Gasteiger partial charge in [-0.05, 0) is 0 Å². The van der Waals surface area contributed by atoms with Crippen molar-refractivity contribution in [3.05, 3.63) is 0 Å². The van der Waals surface area contributed by atoms with Gasteiger partial charge in [0.05, 0.1) is 0 Å². The minimum atomic E-state index is -2.64. The summed E-state index contributed by atoms with van der Waals surface area (Å²) in [5.41, 5.74) is 0. The van der Waals surface area contributed by atoms with Crippen LogP contribution in [-0.2, 0) is 32.7 Å². The quantitative estimate of drug-likeness (QED) is 0.461. The van der Waals surface area contributed by atoms with Crippen LogP contribution < -0.4 is 0 Å². The molecule has 0 aromatic heterocycles. The number of hydrogen-bond donors (Lipinski definition) is 4. The third-order valence-corrected chi connectivity index (χ3v) is 0. The summed E-state index contributed by atoms with van der Waals surface area (Å²) in [7, 11) is -5.28. The van der Waals surface area contributed by atoms with Crippen LogP contribution in [-0.4, -0.2) is 45.5 Å². The first-order valence-electron chi connectivity index (χ1n) is 2.33. The Hall–Kier alpha value is 1.54. The molecule has 0 bridgehead atoms. The molecule has 0 unspecified atom stereocenters. The summed E-state index contributed by atoms with van der Waals surface area (Å²) >= 11 is 0. The van der Waals surface area contributed by atoms with Gasteiger partial charge in [0.2, 0.25) is 0 Å². The van der Waals surface area contributed by atoms with Gasteiger partial charge in [0, 0.05) is 46.0 Å². The molecule has 0 saturated carbocycles. The maximum atomic E-state index is 8.08. The fourth-order valence-electron chi connectivity index (χ4n) is 0. The zero-order valence-corrected chi connectivity index (χ0v) is 11.3. The van der Waals surface area contributed by atoms with Crippen LogP contribution in [0.15, 0.2) is 0 Å². The van der Waals surface area contributed by atoms with Crippen LogP contribution >= 0.6 is 14.7 Å². The van der Waals surface area contributed by atoms with E-state index in [-0.39, 0.29) is 32.7 Å². The molecule has 4 nitrogen and oxygen atoms in total. The smallest absolute Gasteiger partial charge is 0.108 e. The Morgan fingerprint density at radius 1 is 0.818 bits per heavy atom. The maximum Gasteiger partial charge on any atom is 0.108 e. The van der Waals surface area contributed by atoms with E-state index in [1.807, 2.05) is 0 Å². The summed E-state index contributed by atoms with van der Waals surface area (Å²) in [6.07, 6.45) is 5.99. The monoisotopic (exact) mass is 277 g/mol. The number of hydrogen-bond acceptors (Lipinski definition) is 4. The van der Waals surface area contributed by atoms with Crippen molar-refractivity contribution < 1.29 is 52.3 Å². The molecule has 0 saturated heterocycles. The van der Waals surface area contributed by atoms with Crippen molar-refractivity contribution in [2.45, 2.75) is 0 Å². The van der Waals surface area contributed by atoms with E-state index in [9.17, 15) is 0 Å². The molecule has 0 aliphatic heterocycles. The maximum absolute atomic E-state index is 8.08. The van der Waals surface area contributed by atoms with Gasteiger partial charge >= 0.3 is 0 Å². The largest absolute Gasteiger partial charge is 0.354 e. The molecule has 7 heteroatoms. The van der Waals surface area contributed by atoms with Crippen LogP contribution in [0.3, 0.4) is 0 Å².